The number of hydrogen-bond acceptors (Lipinski definition) is 3. The molecular formula is C20H20ClFN4O2. The predicted octanol–water partition coefficient (Wildman–Crippen LogP) is 4.31. The third-order valence-corrected chi connectivity index (χ3v) is 5.59. The minimum absolute atomic E-state index is 0.0191. The molecule has 1 N–H and O–H groups in total. The van der Waals surface area contributed by atoms with Gasteiger partial charge in [-0.3, -0.25) is 9.69 Å². The summed E-state index contributed by atoms with van der Waals surface area (Å²) < 4.78 is 13.9. The van der Waals surface area contributed by atoms with Crippen molar-refractivity contribution in [1.82, 2.24) is 9.88 Å². The number of benzene rings is 1. The topological polar surface area (TPSA) is 65.5 Å². The van der Waals surface area contributed by atoms with Crippen LogP contribution in [0.4, 0.5) is 20.7 Å². The third kappa shape index (κ3) is 3.54. The number of aromatic nitrogens is 1. The lowest BCUT2D eigenvalue weighted by Gasteiger charge is -2.23. The van der Waals surface area contributed by atoms with Crippen molar-refractivity contribution in [2.75, 3.05) is 23.3 Å². The van der Waals surface area contributed by atoms with Crippen molar-refractivity contribution in [3.05, 3.63) is 52.9 Å². The van der Waals surface area contributed by atoms with Gasteiger partial charge in [-0.25, -0.2) is 14.2 Å². The highest BCUT2D eigenvalue weighted by molar-refractivity contribution is 6.34. The van der Waals surface area contributed by atoms with Gasteiger partial charge in [0.2, 0.25) is 0 Å². The second-order valence-corrected chi connectivity index (χ2v) is 7.43. The second kappa shape index (κ2) is 7.75. The number of hydrogen-bond donors (Lipinski definition) is 1. The zero-order chi connectivity index (χ0) is 19.7. The first-order valence-electron chi connectivity index (χ1n) is 9.34. The van der Waals surface area contributed by atoms with Crippen molar-refractivity contribution in [2.24, 2.45) is 0 Å². The van der Waals surface area contributed by atoms with Crippen LogP contribution in [0.1, 0.15) is 36.0 Å². The van der Waals surface area contributed by atoms with E-state index in [-0.39, 0.29) is 16.6 Å². The van der Waals surface area contributed by atoms with E-state index in [2.05, 4.69) is 10.3 Å². The first-order valence-corrected chi connectivity index (χ1v) is 9.72. The molecule has 8 heteroatoms. The molecule has 2 aliphatic rings. The van der Waals surface area contributed by atoms with Gasteiger partial charge in [0.1, 0.15) is 11.6 Å². The molecule has 3 amide bonds. The largest absolute Gasteiger partial charge is 0.326 e. The van der Waals surface area contributed by atoms with Crippen LogP contribution < -0.4 is 10.2 Å². The first-order chi connectivity index (χ1) is 13.5. The first kappa shape index (κ1) is 18.7. The van der Waals surface area contributed by atoms with Gasteiger partial charge in [-0.15, -0.1) is 0 Å². The van der Waals surface area contributed by atoms with Gasteiger partial charge in [-0.1, -0.05) is 30.5 Å². The molecule has 0 spiro atoms. The molecule has 2 heterocycles. The van der Waals surface area contributed by atoms with Crippen LogP contribution in [0.15, 0.2) is 36.5 Å². The lowest BCUT2D eigenvalue weighted by Crippen LogP contribution is -2.38. The van der Waals surface area contributed by atoms with Crippen LogP contribution in [0.3, 0.4) is 0 Å². The van der Waals surface area contributed by atoms with Gasteiger partial charge in [0.25, 0.3) is 5.91 Å². The summed E-state index contributed by atoms with van der Waals surface area (Å²) in [6.45, 7) is 1.30. The zero-order valence-electron chi connectivity index (χ0n) is 15.2. The van der Waals surface area contributed by atoms with Crippen molar-refractivity contribution in [3.8, 4) is 0 Å². The summed E-state index contributed by atoms with van der Waals surface area (Å²) in [6, 6.07) is 7.70. The van der Waals surface area contributed by atoms with E-state index in [1.807, 2.05) is 4.90 Å². The van der Waals surface area contributed by atoms with Crippen LogP contribution in [-0.4, -0.2) is 41.0 Å². The minimum atomic E-state index is -0.691. The maximum atomic E-state index is 13.9. The quantitative estimate of drug-likeness (QED) is 0.828. The molecule has 1 aromatic heterocycles. The van der Waals surface area contributed by atoms with Gasteiger partial charge in [-0.2, -0.15) is 0 Å². The van der Waals surface area contributed by atoms with E-state index in [4.69, 9.17) is 11.6 Å². The average molecular weight is 403 g/mol. The van der Waals surface area contributed by atoms with Crippen LogP contribution in [-0.2, 0) is 0 Å². The molecule has 4 rings (SSSR count). The van der Waals surface area contributed by atoms with Crippen LogP contribution >= 0.6 is 11.6 Å². The smallest absolute Gasteiger partial charge is 0.320 e. The van der Waals surface area contributed by atoms with Gasteiger partial charge in [0, 0.05) is 19.1 Å². The molecule has 0 atom stereocenters. The monoisotopic (exact) mass is 402 g/mol. The minimum Gasteiger partial charge on any atom is -0.320 e. The van der Waals surface area contributed by atoms with Crippen molar-refractivity contribution < 1.29 is 14.0 Å². The van der Waals surface area contributed by atoms with E-state index in [0.717, 1.165) is 12.8 Å². The second-order valence-electron chi connectivity index (χ2n) is 7.02. The van der Waals surface area contributed by atoms with Crippen molar-refractivity contribution in [2.45, 2.75) is 31.7 Å². The van der Waals surface area contributed by atoms with Crippen molar-refractivity contribution in [1.29, 1.82) is 0 Å². The molecule has 0 unspecified atom stereocenters. The molecule has 1 saturated carbocycles. The number of amides is 3. The molecular weight excluding hydrogens is 383 g/mol. The van der Waals surface area contributed by atoms with Gasteiger partial charge in [0.15, 0.2) is 0 Å². The summed E-state index contributed by atoms with van der Waals surface area (Å²) in [4.78, 5) is 32.9. The van der Waals surface area contributed by atoms with Crippen LogP contribution in [0.25, 0.3) is 0 Å². The van der Waals surface area contributed by atoms with E-state index in [0.29, 0.717) is 30.6 Å². The Bertz CT molecular complexity index is 879. The maximum Gasteiger partial charge on any atom is 0.326 e. The van der Waals surface area contributed by atoms with E-state index in [9.17, 15) is 14.0 Å². The Morgan fingerprint density at radius 2 is 1.96 bits per heavy atom. The molecule has 2 fully saturated rings. The fraction of sp³-hybridized carbons (Fsp3) is 0.350. The third-order valence-electron chi connectivity index (χ3n) is 5.28. The Morgan fingerprint density at radius 1 is 1.18 bits per heavy atom. The SMILES string of the molecule is O=C(Nc1ccc(N2CCN(C3CCCC3)C2=O)nc1)c1c(F)cccc1Cl. The van der Waals surface area contributed by atoms with Gasteiger partial charge < -0.3 is 10.2 Å². The molecule has 146 valence electrons. The summed E-state index contributed by atoms with van der Waals surface area (Å²) in [5, 5.41) is 2.62. The normalized spacial score (nSPS) is 17.4. The van der Waals surface area contributed by atoms with E-state index in [1.165, 1.54) is 37.2 Å². The number of nitrogens with zero attached hydrogens (tertiary/aromatic N) is 3. The number of pyridine rings is 1. The number of halogens is 2. The Hall–Kier alpha value is -2.67. The van der Waals surface area contributed by atoms with Gasteiger partial charge >= 0.3 is 6.03 Å². The Balaban J connectivity index is 1.44. The molecule has 0 radical (unpaired) electrons. The summed E-state index contributed by atoms with van der Waals surface area (Å²) in [5.41, 5.74) is 0.183. The number of carbonyl (C=O) groups is 2. The van der Waals surface area contributed by atoms with Crippen LogP contribution in [0.5, 0.6) is 0 Å². The number of rotatable bonds is 4. The Morgan fingerprint density at radius 3 is 2.64 bits per heavy atom. The van der Waals surface area contributed by atoms with Crippen LogP contribution in [0, 0.1) is 5.82 Å². The fourth-order valence-corrected chi connectivity index (χ4v) is 4.10. The molecule has 0 bridgehead atoms. The highest BCUT2D eigenvalue weighted by atomic mass is 35.5. The lowest BCUT2D eigenvalue weighted by molar-refractivity contribution is 0.102. The van der Waals surface area contributed by atoms with Gasteiger partial charge in [-0.05, 0) is 37.1 Å². The Labute approximate surface area is 167 Å². The van der Waals surface area contributed by atoms with Crippen LogP contribution in [0.2, 0.25) is 5.02 Å². The van der Waals surface area contributed by atoms with E-state index in [1.54, 1.807) is 17.0 Å². The highest BCUT2D eigenvalue weighted by Gasteiger charge is 2.36. The fourth-order valence-electron chi connectivity index (χ4n) is 3.85. The summed E-state index contributed by atoms with van der Waals surface area (Å²) >= 11 is 5.92. The zero-order valence-corrected chi connectivity index (χ0v) is 16.0. The van der Waals surface area contributed by atoms with E-state index >= 15 is 0 Å². The number of anilines is 2. The summed E-state index contributed by atoms with van der Waals surface area (Å²) in [6.07, 6.45) is 5.93. The standard InChI is InChI=1S/C20H20ClFN4O2/c21-15-6-3-7-16(22)18(15)19(27)24-13-8-9-17(23-12-13)26-11-10-25(20(26)28)14-4-1-2-5-14/h3,6-9,12,14H,1-2,4-5,10-11H2,(H,24,27). The summed E-state index contributed by atoms with van der Waals surface area (Å²) in [5.74, 6) is -0.807. The number of carbonyl (C=O) groups excluding carboxylic acids is 2. The predicted molar refractivity (Wildman–Crippen MR) is 105 cm³/mol. The maximum absolute atomic E-state index is 13.9. The molecule has 6 nitrogen and oxygen atoms in total. The molecule has 2 aromatic rings. The number of urea groups is 1. The van der Waals surface area contributed by atoms with E-state index < -0.39 is 11.7 Å². The lowest BCUT2D eigenvalue weighted by atomic mass is 10.2. The Kier molecular flexibility index (Phi) is 5.17. The van der Waals surface area contributed by atoms with Crippen molar-refractivity contribution >= 4 is 35.0 Å². The van der Waals surface area contributed by atoms with Gasteiger partial charge in [0.05, 0.1) is 22.5 Å². The number of nitrogens with one attached hydrogen (secondary N) is 1. The molecule has 1 aliphatic heterocycles. The summed E-state index contributed by atoms with van der Waals surface area (Å²) in [7, 11) is 0. The molecule has 1 aromatic carbocycles. The van der Waals surface area contributed by atoms with Crippen molar-refractivity contribution in [3.63, 3.8) is 0 Å². The molecule has 1 saturated heterocycles. The average Bonchev–Trinajstić information content (AvgIpc) is 3.32. The highest BCUT2D eigenvalue weighted by Crippen LogP contribution is 2.28. The molecule has 1 aliphatic carbocycles. The molecule has 28 heavy (non-hydrogen) atoms.